The number of hydrogen-bond acceptors (Lipinski definition) is 2. The SMILES string of the molecule is CCN(CC)CC.c1ccc2c(c1)ccc1c3c(ccc12)CCCC3.c1ccoc1. The second-order valence-corrected chi connectivity index (χ2v) is 7.70. The van der Waals surface area contributed by atoms with Gasteiger partial charge in [0.1, 0.15) is 0 Å². The van der Waals surface area contributed by atoms with Crippen molar-refractivity contribution >= 4 is 21.5 Å². The highest BCUT2D eigenvalue weighted by Gasteiger charge is 2.13. The molecule has 0 unspecified atom stereocenters. The smallest absolute Gasteiger partial charge is 0.0902 e. The molecule has 0 aliphatic heterocycles. The topological polar surface area (TPSA) is 16.4 Å². The van der Waals surface area contributed by atoms with Crippen molar-refractivity contribution in [2.24, 2.45) is 0 Å². The number of rotatable bonds is 3. The van der Waals surface area contributed by atoms with Gasteiger partial charge in [0.2, 0.25) is 0 Å². The maximum atomic E-state index is 4.58. The zero-order valence-electron chi connectivity index (χ0n) is 18.7. The lowest BCUT2D eigenvalue weighted by Crippen LogP contribution is -2.21. The molecule has 30 heavy (non-hydrogen) atoms. The molecule has 1 aromatic heterocycles. The molecule has 3 aromatic carbocycles. The maximum absolute atomic E-state index is 4.58. The van der Waals surface area contributed by atoms with Gasteiger partial charge in [0.05, 0.1) is 12.5 Å². The molecule has 0 radical (unpaired) electrons. The van der Waals surface area contributed by atoms with Crippen LogP contribution in [0.2, 0.25) is 0 Å². The van der Waals surface area contributed by atoms with E-state index >= 15 is 0 Å². The van der Waals surface area contributed by atoms with E-state index < -0.39 is 0 Å². The van der Waals surface area contributed by atoms with Crippen molar-refractivity contribution < 1.29 is 4.42 Å². The van der Waals surface area contributed by atoms with Gasteiger partial charge in [0.15, 0.2) is 0 Å². The van der Waals surface area contributed by atoms with E-state index in [0.717, 1.165) is 0 Å². The van der Waals surface area contributed by atoms with E-state index in [4.69, 9.17) is 0 Å². The minimum absolute atomic E-state index is 1.19. The summed E-state index contributed by atoms with van der Waals surface area (Å²) in [5, 5.41) is 5.64. The lowest BCUT2D eigenvalue weighted by molar-refractivity contribution is 0.321. The summed E-state index contributed by atoms with van der Waals surface area (Å²) in [7, 11) is 0. The minimum Gasteiger partial charge on any atom is -0.473 e. The summed E-state index contributed by atoms with van der Waals surface area (Å²) in [6.45, 7) is 10.1. The highest BCUT2D eigenvalue weighted by molar-refractivity contribution is 6.08. The molecular weight excluding hydrogens is 366 g/mol. The summed E-state index contributed by atoms with van der Waals surface area (Å²) in [4.78, 5) is 2.38. The van der Waals surface area contributed by atoms with E-state index in [0.29, 0.717) is 0 Å². The molecule has 1 heterocycles. The van der Waals surface area contributed by atoms with Crippen LogP contribution in [-0.2, 0) is 12.8 Å². The average molecular weight is 402 g/mol. The predicted octanol–water partition coefficient (Wildman–Crippen LogP) is 7.50. The predicted molar refractivity (Wildman–Crippen MR) is 130 cm³/mol. The summed E-state index contributed by atoms with van der Waals surface area (Å²) >= 11 is 0. The van der Waals surface area contributed by atoms with Crippen molar-refractivity contribution in [3.63, 3.8) is 0 Å². The number of fused-ring (bicyclic) bond motifs is 5. The Hall–Kier alpha value is -2.58. The van der Waals surface area contributed by atoms with Gasteiger partial charge in [-0.2, -0.15) is 0 Å². The third-order valence-electron chi connectivity index (χ3n) is 6.02. The molecule has 0 saturated heterocycles. The Morgan fingerprint density at radius 3 is 1.97 bits per heavy atom. The van der Waals surface area contributed by atoms with Crippen LogP contribution in [0.5, 0.6) is 0 Å². The highest BCUT2D eigenvalue weighted by Crippen LogP contribution is 2.33. The first-order chi connectivity index (χ1) is 14.8. The van der Waals surface area contributed by atoms with Crippen molar-refractivity contribution in [3.8, 4) is 0 Å². The molecule has 0 amide bonds. The standard InChI is InChI=1S/C18H16.C6H15N.C4H4O/c1-3-7-15-13(5-1)9-11-18-16-8-4-2-6-14(16)10-12-17(15)18;1-4-7(5-2)6-3;1-2-4-5-3-1/h1,3,5,7,9-12H,2,4,6,8H2;4-6H2,1-3H3;1-4H. The number of nitrogens with zero attached hydrogens (tertiary/aromatic N) is 1. The Labute approximate surface area is 181 Å². The van der Waals surface area contributed by atoms with Crippen molar-refractivity contribution in [3.05, 3.63) is 84.3 Å². The fourth-order valence-electron chi connectivity index (χ4n) is 4.24. The molecule has 0 bridgehead atoms. The van der Waals surface area contributed by atoms with E-state index in [2.05, 4.69) is 78.6 Å². The molecule has 0 spiro atoms. The molecule has 158 valence electrons. The summed E-state index contributed by atoms with van der Waals surface area (Å²) in [6.07, 6.45) is 8.47. The summed E-state index contributed by atoms with van der Waals surface area (Å²) < 4.78 is 4.58. The lowest BCUT2D eigenvalue weighted by atomic mass is 9.86. The average Bonchev–Trinajstić information content (AvgIpc) is 3.41. The van der Waals surface area contributed by atoms with Crippen molar-refractivity contribution in [2.75, 3.05) is 19.6 Å². The maximum Gasteiger partial charge on any atom is 0.0902 e. The summed E-state index contributed by atoms with van der Waals surface area (Å²) in [6, 6.07) is 21.6. The van der Waals surface area contributed by atoms with Gasteiger partial charge in [-0.3, -0.25) is 0 Å². The number of aryl methyl sites for hydroxylation is 2. The molecular formula is C28H35NO. The van der Waals surface area contributed by atoms with Crippen molar-refractivity contribution in [1.82, 2.24) is 4.90 Å². The second kappa shape index (κ2) is 11.6. The first-order valence-electron chi connectivity index (χ1n) is 11.4. The molecule has 0 atom stereocenters. The van der Waals surface area contributed by atoms with Gasteiger partial charge >= 0.3 is 0 Å². The van der Waals surface area contributed by atoms with Gasteiger partial charge in [-0.25, -0.2) is 0 Å². The highest BCUT2D eigenvalue weighted by atomic mass is 16.3. The molecule has 1 aliphatic carbocycles. The van der Waals surface area contributed by atoms with Gasteiger partial charge in [-0.05, 0) is 90.1 Å². The van der Waals surface area contributed by atoms with Crippen LogP contribution in [-0.4, -0.2) is 24.5 Å². The van der Waals surface area contributed by atoms with Crippen LogP contribution >= 0.6 is 0 Å². The Kier molecular flexibility index (Phi) is 8.53. The van der Waals surface area contributed by atoms with Crippen LogP contribution in [0.1, 0.15) is 44.7 Å². The fraction of sp³-hybridized carbons (Fsp3) is 0.357. The van der Waals surface area contributed by atoms with Crippen LogP contribution in [0.3, 0.4) is 0 Å². The monoisotopic (exact) mass is 401 g/mol. The van der Waals surface area contributed by atoms with Gasteiger partial charge in [-0.15, -0.1) is 0 Å². The third-order valence-corrected chi connectivity index (χ3v) is 6.02. The van der Waals surface area contributed by atoms with Gasteiger partial charge < -0.3 is 9.32 Å². The first-order valence-corrected chi connectivity index (χ1v) is 11.4. The number of benzene rings is 3. The first kappa shape index (κ1) is 22.1. The number of hydrogen-bond donors (Lipinski definition) is 0. The third kappa shape index (κ3) is 5.52. The normalized spacial score (nSPS) is 12.7. The Morgan fingerprint density at radius 2 is 1.33 bits per heavy atom. The Bertz CT molecular complexity index is 993. The van der Waals surface area contributed by atoms with Crippen LogP contribution < -0.4 is 0 Å². The van der Waals surface area contributed by atoms with Gasteiger partial charge in [0, 0.05) is 0 Å². The number of furan rings is 1. The molecule has 1 aliphatic rings. The van der Waals surface area contributed by atoms with Gasteiger partial charge in [0.25, 0.3) is 0 Å². The van der Waals surface area contributed by atoms with Crippen LogP contribution in [0.25, 0.3) is 21.5 Å². The van der Waals surface area contributed by atoms with E-state index in [1.807, 2.05) is 12.1 Å². The molecule has 2 nitrogen and oxygen atoms in total. The fourth-order valence-corrected chi connectivity index (χ4v) is 4.24. The zero-order valence-corrected chi connectivity index (χ0v) is 18.7. The molecule has 0 saturated carbocycles. The van der Waals surface area contributed by atoms with Crippen molar-refractivity contribution in [2.45, 2.75) is 46.5 Å². The van der Waals surface area contributed by atoms with Crippen LogP contribution in [0, 0.1) is 0 Å². The van der Waals surface area contributed by atoms with Crippen LogP contribution in [0.15, 0.2) is 77.6 Å². The van der Waals surface area contributed by atoms with E-state index in [9.17, 15) is 0 Å². The van der Waals surface area contributed by atoms with Crippen LogP contribution in [0.4, 0.5) is 0 Å². The minimum atomic E-state index is 1.19. The quantitative estimate of drug-likeness (QED) is 0.330. The summed E-state index contributed by atoms with van der Waals surface area (Å²) in [5.41, 5.74) is 3.17. The Balaban J connectivity index is 0.000000177. The zero-order chi connectivity index (χ0) is 21.2. The van der Waals surface area contributed by atoms with Crippen molar-refractivity contribution in [1.29, 1.82) is 0 Å². The largest absolute Gasteiger partial charge is 0.473 e. The summed E-state index contributed by atoms with van der Waals surface area (Å²) in [5.74, 6) is 0. The van der Waals surface area contributed by atoms with E-state index in [1.165, 1.54) is 66.9 Å². The van der Waals surface area contributed by atoms with Gasteiger partial charge in [-0.1, -0.05) is 69.3 Å². The Morgan fingerprint density at radius 1 is 0.667 bits per heavy atom. The molecule has 0 N–H and O–H groups in total. The van der Waals surface area contributed by atoms with E-state index in [1.54, 1.807) is 23.7 Å². The molecule has 4 aromatic rings. The second-order valence-electron chi connectivity index (χ2n) is 7.70. The van der Waals surface area contributed by atoms with E-state index in [-0.39, 0.29) is 0 Å². The molecule has 0 fully saturated rings. The lowest BCUT2D eigenvalue weighted by Gasteiger charge is -2.18. The molecule has 5 rings (SSSR count). The molecule has 2 heteroatoms.